The Kier molecular flexibility index (Phi) is 4.57. The van der Waals surface area contributed by atoms with E-state index in [1.807, 2.05) is 0 Å². The fourth-order valence-electron chi connectivity index (χ4n) is 3.08. The van der Waals surface area contributed by atoms with Gasteiger partial charge in [-0.05, 0) is 30.5 Å². The average Bonchev–Trinajstić information content (AvgIpc) is 2.90. The fraction of sp³-hybridized carbons (Fsp3) is 0.353. The molecule has 0 bridgehead atoms. The number of amides is 2. The third-order valence-electron chi connectivity index (χ3n) is 4.28. The van der Waals surface area contributed by atoms with Crippen LogP contribution in [-0.4, -0.2) is 30.2 Å². The number of urea groups is 1. The van der Waals surface area contributed by atoms with Crippen LogP contribution in [0.3, 0.4) is 0 Å². The van der Waals surface area contributed by atoms with E-state index in [9.17, 15) is 18.4 Å². The van der Waals surface area contributed by atoms with Gasteiger partial charge in [0.15, 0.2) is 0 Å². The molecule has 6 nitrogen and oxygen atoms in total. The first-order valence-electron chi connectivity index (χ1n) is 7.77. The summed E-state index contributed by atoms with van der Waals surface area (Å²) in [7, 11) is 1.26. The van der Waals surface area contributed by atoms with E-state index in [1.54, 1.807) is 0 Å². The number of ether oxygens (including phenoxy) is 1. The Morgan fingerprint density at radius 1 is 1.28 bits per heavy atom. The summed E-state index contributed by atoms with van der Waals surface area (Å²) >= 11 is 0. The number of benzene rings is 1. The monoisotopic (exact) mass is 349 g/mol. The zero-order chi connectivity index (χ0) is 18.1. The second kappa shape index (κ2) is 6.66. The third-order valence-corrected chi connectivity index (χ3v) is 4.28. The van der Waals surface area contributed by atoms with Crippen molar-refractivity contribution in [1.82, 2.24) is 10.2 Å². The van der Waals surface area contributed by atoms with E-state index in [0.29, 0.717) is 29.7 Å². The van der Waals surface area contributed by atoms with Crippen LogP contribution in [0.4, 0.5) is 13.6 Å². The molecule has 1 aromatic rings. The quantitative estimate of drug-likeness (QED) is 0.646. The van der Waals surface area contributed by atoms with Gasteiger partial charge >= 0.3 is 12.0 Å². The molecule has 2 atom stereocenters. The van der Waals surface area contributed by atoms with Crippen LogP contribution in [0.2, 0.25) is 0 Å². The minimum atomic E-state index is -0.705. The van der Waals surface area contributed by atoms with Crippen LogP contribution in [0.1, 0.15) is 30.9 Å². The first-order chi connectivity index (χ1) is 11.9. The summed E-state index contributed by atoms with van der Waals surface area (Å²) in [5.74, 6) is -1.91. The number of esters is 1. The minimum Gasteiger partial charge on any atom is -0.465 e. The fourth-order valence-corrected chi connectivity index (χ4v) is 3.08. The third kappa shape index (κ3) is 3.40. The molecular formula is C17H17F2N3O3. The topological polar surface area (TPSA) is 84.7 Å². The molecule has 8 heteroatoms. The largest absolute Gasteiger partial charge is 0.465 e. The minimum absolute atomic E-state index is 0.237. The zero-order valence-corrected chi connectivity index (χ0v) is 13.5. The summed E-state index contributed by atoms with van der Waals surface area (Å²) in [6.45, 7) is 0. The number of methoxy groups -OCH3 is 1. The molecule has 1 saturated heterocycles. The first-order valence-corrected chi connectivity index (χ1v) is 7.77. The smallest absolute Gasteiger partial charge is 0.342 e. The van der Waals surface area contributed by atoms with Crippen molar-refractivity contribution in [2.24, 2.45) is 5.73 Å². The second-order valence-electron chi connectivity index (χ2n) is 5.95. The van der Waals surface area contributed by atoms with Crippen LogP contribution in [0.5, 0.6) is 0 Å². The van der Waals surface area contributed by atoms with E-state index in [0.717, 1.165) is 6.07 Å². The van der Waals surface area contributed by atoms with Gasteiger partial charge in [-0.25, -0.2) is 18.4 Å². The van der Waals surface area contributed by atoms with Crippen molar-refractivity contribution >= 4 is 12.0 Å². The van der Waals surface area contributed by atoms with Crippen molar-refractivity contribution in [1.29, 1.82) is 0 Å². The van der Waals surface area contributed by atoms with Gasteiger partial charge < -0.3 is 20.7 Å². The Morgan fingerprint density at radius 3 is 2.52 bits per heavy atom. The molecular weight excluding hydrogens is 332 g/mol. The Balaban J connectivity index is 1.78. The van der Waals surface area contributed by atoms with Crippen LogP contribution in [0.25, 0.3) is 0 Å². The molecule has 1 aromatic carbocycles. The number of hydrogen-bond donors (Lipinski definition) is 2. The van der Waals surface area contributed by atoms with E-state index < -0.39 is 35.8 Å². The van der Waals surface area contributed by atoms with Gasteiger partial charge in [0.2, 0.25) is 0 Å². The highest BCUT2D eigenvalue weighted by molar-refractivity contribution is 5.91. The van der Waals surface area contributed by atoms with Crippen LogP contribution < -0.4 is 11.1 Å². The molecule has 0 aromatic heterocycles. The second-order valence-corrected chi connectivity index (χ2v) is 5.95. The summed E-state index contributed by atoms with van der Waals surface area (Å²) < 4.78 is 31.5. The van der Waals surface area contributed by atoms with E-state index >= 15 is 0 Å². The lowest BCUT2D eigenvalue weighted by atomic mass is 10.0. The SMILES string of the molecule is COC(=O)C1=C=C(NC(=O)N2C(N)CC[C@H]2c2cc(F)cc(F)c2)C1. The van der Waals surface area contributed by atoms with Gasteiger partial charge in [-0.2, -0.15) is 0 Å². The van der Waals surface area contributed by atoms with E-state index in [2.05, 4.69) is 15.8 Å². The van der Waals surface area contributed by atoms with Gasteiger partial charge in [0, 0.05) is 12.5 Å². The Hall–Kier alpha value is -2.70. The molecule has 0 spiro atoms. The summed E-state index contributed by atoms with van der Waals surface area (Å²) in [4.78, 5) is 25.2. The molecule has 1 heterocycles. The highest BCUT2D eigenvalue weighted by Gasteiger charge is 2.37. The molecule has 0 radical (unpaired) electrons. The number of carbonyl (C=O) groups is 2. The number of likely N-dealkylation sites (tertiary alicyclic amines) is 1. The Bertz CT molecular complexity index is 782. The zero-order valence-electron chi connectivity index (χ0n) is 13.5. The summed E-state index contributed by atoms with van der Waals surface area (Å²) in [6, 6.07) is 2.16. The van der Waals surface area contributed by atoms with Gasteiger partial charge in [0.25, 0.3) is 0 Å². The van der Waals surface area contributed by atoms with Crippen molar-refractivity contribution in [2.45, 2.75) is 31.5 Å². The Morgan fingerprint density at radius 2 is 1.92 bits per heavy atom. The molecule has 0 saturated carbocycles. The van der Waals surface area contributed by atoms with Crippen molar-refractivity contribution in [3.8, 4) is 0 Å². The number of nitrogens with zero attached hydrogens (tertiary/aromatic N) is 1. The van der Waals surface area contributed by atoms with Crippen LogP contribution in [0, 0.1) is 11.6 Å². The summed E-state index contributed by atoms with van der Waals surface area (Å²) in [6.07, 6.45) is 0.681. The first kappa shape index (κ1) is 17.1. The summed E-state index contributed by atoms with van der Waals surface area (Å²) in [5.41, 5.74) is 9.83. The molecule has 25 heavy (non-hydrogen) atoms. The lowest BCUT2D eigenvalue weighted by Crippen LogP contribution is -2.47. The molecule has 2 amide bonds. The molecule has 2 aliphatic rings. The van der Waals surface area contributed by atoms with Gasteiger partial charge in [-0.1, -0.05) is 5.73 Å². The number of hydrogen-bond acceptors (Lipinski definition) is 4. The number of rotatable bonds is 3. The van der Waals surface area contributed by atoms with Crippen molar-refractivity contribution in [2.75, 3.05) is 7.11 Å². The standard InChI is InChI=1S/C17H17F2N3O3/c1-25-16(23)10-6-13(7-10)21-17(24)22-14(2-3-15(22)20)9-4-11(18)8-12(19)5-9/h4-5,8,14-15H,2-3,6,20H2,1H3,(H,21,24)/t14-,15?/m0/s1. The molecule has 1 aliphatic carbocycles. The predicted octanol–water partition coefficient (Wildman–Crippen LogP) is 2.08. The van der Waals surface area contributed by atoms with Crippen LogP contribution in [-0.2, 0) is 9.53 Å². The number of halogens is 2. The van der Waals surface area contributed by atoms with Crippen molar-refractivity contribution in [3.63, 3.8) is 0 Å². The lowest BCUT2D eigenvalue weighted by Gasteiger charge is -2.29. The van der Waals surface area contributed by atoms with Gasteiger partial charge in [0.05, 0.1) is 30.6 Å². The molecule has 132 valence electrons. The highest BCUT2D eigenvalue weighted by atomic mass is 19.1. The molecule has 1 fully saturated rings. The molecule has 3 N–H and O–H groups in total. The van der Waals surface area contributed by atoms with Crippen molar-refractivity contribution in [3.05, 3.63) is 52.4 Å². The number of nitrogens with two attached hydrogens (primary N) is 1. The predicted molar refractivity (Wildman–Crippen MR) is 83.9 cm³/mol. The summed E-state index contributed by atoms with van der Waals surface area (Å²) in [5, 5.41) is 2.62. The highest BCUT2D eigenvalue weighted by Crippen LogP contribution is 2.35. The van der Waals surface area contributed by atoms with Crippen LogP contribution in [0.15, 0.2) is 35.2 Å². The Labute approximate surface area is 142 Å². The molecule has 3 rings (SSSR count). The normalized spacial score (nSPS) is 22.0. The molecule has 1 aliphatic heterocycles. The number of carbonyl (C=O) groups excluding carboxylic acids is 2. The van der Waals surface area contributed by atoms with Gasteiger partial charge in [-0.15, -0.1) is 0 Å². The maximum absolute atomic E-state index is 13.5. The van der Waals surface area contributed by atoms with Crippen molar-refractivity contribution < 1.29 is 23.1 Å². The molecule has 1 unspecified atom stereocenters. The van der Waals surface area contributed by atoms with Crippen LogP contribution >= 0.6 is 0 Å². The maximum Gasteiger partial charge on any atom is 0.342 e. The lowest BCUT2D eigenvalue weighted by molar-refractivity contribution is -0.136. The average molecular weight is 349 g/mol. The van der Waals surface area contributed by atoms with E-state index in [4.69, 9.17) is 5.73 Å². The van der Waals surface area contributed by atoms with E-state index in [1.165, 1.54) is 24.1 Å². The maximum atomic E-state index is 13.5. The van der Waals surface area contributed by atoms with E-state index in [-0.39, 0.29) is 6.42 Å². The van der Waals surface area contributed by atoms with Gasteiger partial charge in [-0.3, -0.25) is 0 Å². The van der Waals surface area contributed by atoms with Gasteiger partial charge in [0.1, 0.15) is 11.6 Å². The number of nitrogens with one attached hydrogen (secondary N) is 1.